The van der Waals surface area contributed by atoms with Crippen LogP contribution in [0.15, 0.2) is 22.6 Å². The average molecular weight is 310 g/mol. The van der Waals surface area contributed by atoms with Crippen molar-refractivity contribution in [3.8, 4) is 0 Å². The van der Waals surface area contributed by atoms with Crippen LogP contribution in [0.1, 0.15) is 23.0 Å². The third-order valence-electron chi connectivity index (χ3n) is 3.43. The van der Waals surface area contributed by atoms with Gasteiger partial charge >= 0.3 is 5.97 Å². The molecule has 2 aromatic rings. The number of amides is 1. The van der Waals surface area contributed by atoms with Gasteiger partial charge in [-0.1, -0.05) is 30.7 Å². The van der Waals surface area contributed by atoms with Gasteiger partial charge in [-0.2, -0.15) is 0 Å². The van der Waals surface area contributed by atoms with Crippen LogP contribution >= 0.6 is 11.6 Å². The number of hydrogen-bond donors (Lipinski definition) is 1. The number of nitrogens with zero attached hydrogens (tertiary/aromatic N) is 1. The third-order valence-corrected chi connectivity index (χ3v) is 3.72. The van der Waals surface area contributed by atoms with Crippen LogP contribution in [0.25, 0.3) is 11.0 Å². The van der Waals surface area contributed by atoms with Crippen LogP contribution in [0, 0.1) is 12.8 Å². The van der Waals surface area contributed by atoms with Gasteiger partial charge < -0.3 is 14.4 Å². The van der Waals surface area contributed by atoms with Crippen LogP contribution in [0.4, 0.5) is 0 Å². The van der Waals surface area contributed by atoms with Gasteiger partial charge in [0, 0.05) is 24.5 Å². The van der Waals surface area contributed by atoms with Crippen molar-refractivity contribution in [3.63, 3.8) is 0 Å². The minimum atomic E-state index is -0.945. The number of benzene rings is 1. The van der Waals surface area contributed by atoms with Crippen molar-refractivity contribution in [1.29, 1.82) is 0 Å². The Balaban J connectivity index is 2.33. The summed E-state index contributed by atoms with van der Waals surface area (Å²) in [6, 6.07) is 5.31. The number of carbonyl (C=O) groups is 2. The maximum Gasteiger partial charge on any atom is 0.308 e. The number of halogens is 1. The number of aryl methyl sites for hydroxylation is 1. The number of fused-ring (bicyclic) bond motifs is 1. The Morgan fingerprint density at radius 2 is 2.10 bits per heavy atom. The van der Waals surface area contributed by atoms with E-state index in [1.54, 1.807) is 33.0 Å². The summed E-state index contributed by atoms with van der Waals surface area (Å²) in [5, 5.41) is 10.1. The molecule has 21 heavy (non-hydrogen) atoms. The quantitative estimate of drug-likeness (QED) is 0.941. The van der Waals surface area contributed by atoms with Gasteiger partial charge in [-0.3, -0.25) is 9.59 Å². The summed E-state index contributed by atoms with van der Waals surface area (Å²) < 4.78 is 5.58. The molecule has 0 saturated carbocycles. The van der Waals surface area contributed by atoms with E-state index in [4.69, 9.17) is 21.1 Å². The SMILES string of the molecule is Cc1c(C(=O)N(C)CC(C)C(=O)O)oc2c(Cl)cccc12. The Labute approximate surface area is 127 Å². The molecule has 0 aliphatic rings. The molecule has 5 nitrogen and oxygen atoms in total. The first-order valence-electron chi connectivity index (χ1n) is 6.48. The number of carboxylic acid groups (broad SMARTS) is 1. The summed E-state index contributed by atoms with van der Waals surface area (Å²) in [6.07, 6.45) is 0. The van der Waals surface area contributed by atoms with Crippen LogP contribution in [0.5, 0.6) is 0 Å². The molecule has 2 rings (SSSR count). The van der Waals surface area contributed by atoms with Crippen LogP contribution in [-0.4, -0.2) is 35.5 Å². The standard InChI is InChI=1S/C15H16ClNO4/c1-8(15(19)20)7-17(3)14(18)12-9(2)10-5-4-6-11(16)13(10)21-12/h4-6,8H,7H2,1-3H3,(H,19,20). The predicted octanol–water partition coefficient (Wildman–Crippen LogP) is 3.19. The third kappa shape index (κ3) is 2.88. The Morgan fingerprint density at radius 3 is 2.67 bits per heavy atom. The van der Waals surface area contributed by atoms with Crippen molar-refractivity contribution >= 4 is 34.4 Å². The molecule has 1 aromatic carbocycles. The van der Waals surface area contributed by atoms with Crippen molar-refractivity contribution in [2.24, 2.45) is 5.92 Å². The summed E-state index contributed by atoms with van der Waals surface area (Å²) in [7, 11) is 1.55. The van der Waals surface area contributed by atoms with Crippen molar-refractivity contribution in [2.45, 2.75) is 13.8 Å². The fourth-order valence-corrected chi connectivity index (χ4v) is 2.37. The molecular weight excluding hydrogens is 294 g/mol. The highest BCUT2D eigenvalue weighted by Crippen LogP contribution is 2.31. The molecule has 1 aromatic heterocycles. The molecule has 0 fully saturated rings. The molecule has 1 amide bonds. The molecule has 1 heterocycles. The van der Waals surface area contributed by atoms with Gasteiger partial charge in [-0.15, -0.1) is 0 Å². The second-order valence-corrected chi connectivity index (χ2v) is 5.50. The number of carboxylic acids is 1. The lowest BCUT2D eigenvalue weighted by Gasteiger charge is -2.18. The Morgan fingerprint density at radius 1 is 1.43 bits per heavy atom. The van der Waals surface area contributed by atoms with Crippen LogP contribution < -0.4 is 0 Å². The first-order valence-corrected chi connectivity index (χ1v) is 6.86. The molecule has 0 bridgehead atoms. The topological polar surface area (TPSA) is 70.8 Å². The second-order valence-electron chi connectivity index (χ2n) is 5.10. The van der Waals surface area contributed by atoms with E-state index in [0.29, 0.717) is 16.2 Å². The maximum atomic E-state index is 12.4. The molecule has 1 N–H and O–H groups in total. The van der Waals surface area contributed by atoms with Crippen molar-refractivity contribution < 1.29 is 19.1 Å². The van der Waals surface area contributed by atoms with E-state index >= 15 is 0 Å². The number of rotatable bonds is 4. The van der Waals surface area contributed by atoms with Crippen LogP contribution in [-0.2, 0) is 4.79 Å². The zero-order valence-corrected chi connectivity index (χ0v) is 12.8. The summed E-state index contributed by atoms with van der Waals surface area (Å²) >= 11 is 6.06. The highest BCUT2D eigenvalue weighted by molar-refractivity contribution is 6.35. The normalized spacial score (nSPS) is 12.4. The van der Waals surface area contributed by atoms with Crippen LogP contribution in [0.3, 0.4) is 0 Å². The molecule has 0 aliphatic carbocycles. The molecule has 1 atom stereocenters. The number of aliphatic carboxylic acids is 1. The largest absolute Gasteiger partial charge is 0.481 e. The van der Waals surface area contributed by atoms with Crippen molar-refractivity contribution in [3.05, 3.63) is 34.5 Å². The average Bonchev–Trinajstić information content (AvgIpc) is 2.77. The van der Waals surface area contributed by atoms with Gasteiger partial charge in [0.25, 0.3) is 5.91 Å². The smallest absolute Gasteiger partial charge is 0.308 e. The zero-order valence-electron chi connectivity index (χ0n) is 12.0. The monoisotopic (exact) mass is 309 g/mol. The molecule has 1 unspecified atom stereocenters. The molecule has 112 valence electrons. The van der Waals surface area contributed by atoms with E-state index < -0.39 is 11.9 Å². The van der Waals surface area contributed by atoms with Gasteiger partial charge in [-0.25, -0.2) is 0 Å². The predicted molar refractivity (Wildman–Crippen MR) is 79.7 cm³/mol. The lowest BCUT2D eigenvalue weighted by molar-refractivity contribution is -0.141. The first-order chi connectivity index (χ1) is 9.82. The molecular formula is C15H16ClNO4. The number of furan rings is 1. The van der Waals surface area contributed by atoms with Gasteiger partial charge in [0.05, 0.1) is 10.9 Å². The molecule has 0 spiro atoms. The lowest BCUT2D eigenvalue weighted by Crippen LogP contribution is -2.33. The van der Waals surface area contributed by atoms with E-state index in [0.717, 1.165) is 5.39 Å². The summed E-state index contributed by atoms with van der Waals surface area (Å²) in [6.45, 7) is 3.44. The van der Waals surface area contributed by atoms with Gasteiger partial charge in [0.15, 0.2) is 11.3 Å². The van der Waals surface area contributed by atoms with Gasteiger partial charge in [0.1, 0.15) is 0 Å². The summed E-state index contributed by atoms with van der Waals surface area (Å²) in [5.41, 5.74) is 1.17. The minimum absolute atomic E-state index is 0.110. The van der Waals surface area contributed by atoms with E-state index in [1.807, 2.05) is 6.07 Å². The van der Waals surface area contributed by atoms with Crippen molar-refractivity contribution in [2.75, 3.05) is 13.6 Å². The van der Waals surface area contributed by atoms with Gasteiger partial charge in [0.2, 0.25) is 0 Å². The fourth-order valence-electron chi connectivity index (χ4n) is 2.16. The van der Waals surface area contributed by atoms with E-state index in [-0.39, 0.29) is 18.2 Å². The molecule has 0 radical (unpaired) electrons. The zero-order chi connectivity index (χ0) is 15.7. The van der Waals surface area contributed by atoms with E-state index in [1.165, 1.54) is 4.90 Å². The maximum absolute atomic E-state index is 12.4. The number of hydrogen-bond acceptors (Lipinski definition) is 3. The summed E-state index contributed by atoms with van der Waals surface area (Å²) in [5.74, 6) is -1.75. The fraction of sp³-hybridized carbons (Fsp3) is 0.333. The molecule has 0 saturated heterocycles. The lowest BCUT2D eigenvalue weighted by atomic mass is 10.1. The molecule has 6 heteroatoms. The first kappa shape index (κ1) is 15.4. The summed E-state index contributed by atoms with van der Waals surface area (Å²) in [4.78, 5) is 24.6. The highest BCUT2D eigenvalue weighted by Gasteiger charge is 2.24. The van der Waals surface area contributed by atoms with Crippen molar-refractivity contribution in [1.82, 2.24) is 4.90 Å². The Hall–Kier alpha value is -2.01. The van der Waals surface area contributed by atoms with E-state index in [2.05, 4.69) is 0 Å². The van der Waals surface area contributed by atoms with Crippen LogP contribution in [0.2, 0.25) is 5.02 Å². The Kier molecular flexibility index (Phi) is 4.23. The van der Waals surface area contributed by atoms with E-state index in [9.17, 15) is 9.59 Å². The highest BCUT2D eigenvalue weighted by atomic mass is 35.5. The number of carbonyl (C=O) groups excluding carboxylic acids is 1. The number of para-hydroxylation sites is 1. The van der Waals surface area contributed by atoms with Gasteiger partial charge in [-0.05, 0) is 13.0 Å². The second kappa shape index (κ2) is 5.77. The minimum Gasteiger partial charge on any atom is -0.481 e. The Bertz CT molecular complexity index is 707. The molecule has 0 aliphatic heterocycles.